The van der Waals surface area contributed by atoms with Crippen LogP contribution in [-0.2, 0) is 6.54 Å². The number of fused-ring (bicyclic) bond motifs is 2. The largest absolute Gasteiger partial charge is 0.417 e. The number of oxazole rings is 1. The minimum Gasteiger partial charge on any atom is -0.408 e. The van der Waals surface area contributed by atoms with Crippen molar-refractivity contribution in [2.24, 2.45) is 0 Å². The molecule has 1 N–H and O–H groups in total. The minimum absolute atomic E-state index is 0.321. The Labute approximate surface area is 139 Å². The molecule has 0 aliphatic heterocycles. The van der Waals surface area contributed by atoms with Crippen molar-refractivity contribution in [3.8, 4) is 11.5 Å². The van der Waals surface area contributed by atoms with Crippen molar-refractivity contribution >= 4 is 22.1 Å². The van der Waals surface area contributed by atoms with Crippen molar-refractivity contribution < 1.29 is 8.94 Å². The second kappa shape index (κ2) is 5.17. The highest BCUT2D eigenvalue weighted by Crippen LogP contribution is 2.25. The maximum absolute atomic E-state index is 11.4. The average Bonchev–Trinajstić information content (AvgIpc) is 3.33. The van der Waals surface area contributed by atoms with E-state index < -0.39 is 5.76 Å². The number of rotatable bonds is 3. The number of nitrogens with one attached hydrogen (secondary N) is 1. The van der Waals surface area contributed by atoms with Gasteiger partial charge in [0.25, 0.3) is 5.89 Å². The minimum atomic E-state index is -0.521. The Bertz CT molecular complexity index is 1260. The topological polar surface area (TPSA) is 103 Å². The molecule has 0 unspecified atom stereocenters. The summed E-state index contributed by atoms with van der Waals surface area (Å²) >= 11 is 0. The lowest BCUT2D eigenvalue weighted by Crippen LogP contribution is -1.99. The van der Waals surface area contributed by atoms with Gasteiger partial charge in [-0.3, -0.25) is 4.98 Å². The first-order valence-electron chi connectivity index (χ1n) is 7.62. The standard InChI is InChI=1S/C17H11N5O3/c23-17-20-15-10(4-3-7-13(15)24-17)16-19-14(21-25-16)8-22-9-18-11-5-1-2-6-12(11)22/h1-7,9H,8H2,(H,20,23). The summed E-state index contributed by atoms with van der Waals surface area (Å²) in [5.41, 5.74) is 3.51. The maximum Gasteiger partial charge on any atom is 0.417 e. The number of hydrogen-bond acceptors (Lipinski definition) is 6. The maximum atomic E-state index is 11.4. The molecule has 2 aromatic carbocycles. The van der Waals surface area contributed by atoms with Gasteiger partial charge in [0.05, 0.1) is 35.0 Å². The van der Waals surface area contributed by atoms with E-state index in [1.165, 1.54) is 0 Å². The monoisotopic (exact) mass is 333 g/mol. The van der Waals surface area contributed by atoms with Gasteiger partial charge in [0, 0.05) is 0 Å². The van der Waals surface area contributed by atoms with Gasteiger partial charge in [-0.05, 0) is 24.3 Å². The van der Waals surface area contributed by atoms with Gasteiger partial charge in [0.2, 0.25) is 0 Å². The van der Waals surface area contributed by atoms with Crippen molar-refractivity contribution in [2.45, 2.75) is 6.54 Å². The fourth-order valence-electron chi connectivity index (χ4n) is 2.87. The number of aromatic nitrogens is 5. The van der Waals surface area contributed by atoms with E-state index >= 15 is 0 Å². The van der Waals surface area contributed by atoms with Crippen LogP contribution in [0.4, 0.5) is 0 Å². The molecule has 3 aromatic heterocycles. The lowest BCUT2D eigenvalue weighted by atomic mass is 10.2. The van der Waals surface area contributed by atoms with E-state index in [4.69, 9.17) is 8.94 Å². The number of aromatic amines is 1. The van der Waals surface area contributed by atoms with Gasteiger partial charge in [-0.2, -0.15) is 4.98 Å². The van der Waals surface area contributed by atoms with Gasteiger partial charge in [0.1, 0.15) is 0 Å². The fraction of sp³-hybridized carbons (Fsp3) is 0.0588. The Hall–Kier alpha value is -3.68. The molecule has 8 nitrogen and oxygen atoms in total. The molecule has 0 saturated heterocycles. The van der Waals surface area contributed by atoms with Gasteiger partial charge >= 0.3 is 5.76 Å². The highest BCUT2D eigenvalue weighted by atomic mass is 16.5. The molecule has 5 aromatic rings. The van der Waals surface area contributed by atoms with Crippen molar-refractivity contribution in [2.75, 3.05) is 0 Å². The summed E-state index contributed by atoms with van der Waals surface area (Å²) < 4.78 is 12.4. The third kappa shape index (κ3) is 2.23. The average molecular weight is 333 g/mol. The molecule has 0 saturated carbocycles. The molecule has 0 atom stereocenters. The van der Waals surface area contributed by atoms with Crippen LogP contribution in [0.25, 0.3) is 33.6 Å². The molecule has 0 fully saturated rings. The van der Waals surface area contributed by atoms with Crippen LogP contribution >= 0.6 is 0 Å². The van der Waals surface area contributed by atoms with E-state index in [-0.39, 0.29) is 0 Å². The Morgan fingerprint density at radius 2 is 2.04 bits per heavy atom. The summed E-state index contributed by atoms with van der Waals surface area (Å²) in [6.45, 7) is 0.432. The summed E-state index contributed by atoms with van der Waals surface area (Å²) in [6, 6.07) is 13.1. The molecule has 25 heavy (non-hydrogen) atoms. The molecule has 3 heterocycles. The molecular formula is C17H11N5O3. The van der Waals surface area contributed by atoms with Crippen LogP contribution in [-0.4, -0.2) is 24.7 Å². The number of benzene rings is 2. The normalized spacial score (nSPS) is 11.5. The second-order valence-electron chi connectivity index (χ2n) is 5.57. The predicted octanol–water partition coefficient (Wildman–Crippen LogP) is 2.57. The zero-order valence-corrected chi connectivity index (χ0v) is 12.8. The molecule has 0 aliphatic carbocycles. The molecular weight excluding hydrogens is 322 g/mol. The van der Waals surface area contributed by atoms with Crippen molar-refractivity contribution in [3.63, 3.8) is 0 Å². The van der Waals surface area contributed by atoms with Crippen LogP contribution in [0.5, 0.6) is 0 Å². The molecule has 5 rings (SSSR count). The van der Waals surface area contributed by atoms with Crippen molar-refractivity contribution in [1.29, 1.82) is 0 Å². The predicted molar refractivity (Wildman–Crippen MR) is 89.0 cm³/mol. The molecule has 0 bridgehead atoms. The molecule has 0 spiro atoms. The van der Waals surface area contributed by atoms with Gasteiger partial charge in [-0.15, -0.1) is 0 Å². The van der Waals surface area contributed by atoms with E-state index in [1.54, 1.807) is 24.5 Å². The van der Waals surface area contributed by atoms with E-state index in [9.17, 15) is 4.79 Å². The van der Waals surface area contributed by atoms with Crippen LogP contribution in [0.1, 0.15) is 5.82 Å². The molecule has 0 aliphatic rings. The molecule has 122 valence electrons. The Morgan fingerprint density at radius 3 is 3.00 bits per heavy atom. The lowest BCUT2D eigenvalue weighted by molar-refractivity contribution is 0.421. The van der Waals surface area contributed by atoms with Crippen LogP contribution in [0.15, 0.2) is 62.5 Å². The summed E-state index contributed by atoms with van der Waals surface area (Å²) in [5.74, 6) is 0.315. The molecule has 0 radical (unpaired) electrons. The molecule has 8 heteroatoms. The third-order valence-electron chi connectivity index (χ3n) is 3.99. The number of hydrogen-bond donors (Lipinski definition) is 1. The van der Waals surface area contributed by atoms with Crippen molar-refractivity contribution in [3.05, 3.63) is 65.2 Å². The second-order valence-corrected chi connectivity index (χ2v) is 5.57. The van der Waals surface area contributed by atoms with Crippen LogP contribution in [0.3, 0.4) is 0 Å². The Balaban J connectivity index is 1.54. The number of imidazole rings is 1. The van der Waals surface area contributed by atoms with E-state index in [2.05, 4.69) is 20.1 Å². The zero-order valence-electron chi connectivity index (χ0n) is 12.8. The third-order valence-corrected chi connectivity index (χ3v) is 3.99. The smallest absolute Gasteiger partial charge is 0.408 e. The van der Waals surface area contributed by atoms with Crippen LogP contribution in [0.2, 0.25) is 0 Å². The first-order valence-corrected chi connectivity index (χ1v) is 7.62. The van der Waals surface area contributed by atoms with Gasteiger partial charge in [-0.25, -0.2) is 9.78 Å². The van der Waals surface area contributed by atoms with Crippen molar-refractivity contribution in [1.82, 2.24) is 24.7 Å². The first kappa shape index (κ1) is 13.7. The first-order chi connectivity index (χ1) is 12.3. The van der Waals surface area contributed by atoms with Gasteiger partial charge in [0.15, 0.2) is 11.4 Å². The SMILES string of the molecule is O=c1[nH]c2c(-c3nc(Cn4cnc5ccccc54)no3)cccc2o1. The summed E-state index contributed by atoms with van der Waals surface area (Å²) in [6.07, 6.45) is 1.75. The summed E-state index contributed by atoms with van der Waals surface area (Å²) in [5, 5.41) is 4.03. The number of H-pyrrole nitrogens is 1. The quantitative estimate of drug-likeness (QED) is 0.544. The fourth-order valence-corrected chi connectivity index (χ4v) is 2.87. The highest BCUT2D eigenvalue weighted by molar-refractivity contribution is 5.87. The lowest BCUT2D eigenvalue weighted by Gasteiger charge is -1.99. The van der Waals surface area contributed by atoms with E-state index in [0.29, 0.717) is 34.9 Å². The Morgan fingerprint density at radius 1 is 1.12 bits per heavy atom. The zero-order chi connectivity index (χ0) is 16.8. The number of nitrogens with zero attached hydrogens (tertiary/aromatic N) is 4. The summed E-state index contributed by atoms with van der Waals surface area (Å²) in [7, 11) is 0. The van der Waals surface area contributed by atoms with E-state index in [1.807, 2.05) is 28.8 Å². The number of para-hydroxylation sites is 3. The van der Waals surface area contributed by atoms with Gasteiger partial charge in [-0.1, -0.05) is 23.4 Å². The van der Waals surface area contributed by atoms with Gasteiger partial charge < -0.3 is 13.5 Å². The molecule has 0 amide bonds. The van der Waals surface area contributed by atoms with Crippen LogP contribution in [0, 0.1) is 0 Å². The summed E-state index contributed by atoms with van der Waals surface area (Å²) in [4.78, 5) is 22.8. The Kier molecular flexibility index (Phi) is 2.84. The van der Waals surface area contributed by atoms with E-state index in [0.717, 1.165) is 11.0 Å². The highest BCUT2D eigenvalue weighted by Gasteiger charge is 2.15. The van der Waals surface area contributed by atoms with Crippen LogP contribution < -0.4 is 5.76 Å².